The number of carbonyl (C=O) groups is 2. The summed E-state index contributed by atoms with van der Waals surface area (Å²) >= 11 is 0. The zero-order valence-corrected chi connectivity index (χ0v) is 13.6. The van der Waals surface area contributed by atoms with Crippen LogP contribution in [0.2, 0.25) is 0 Å². The number of amides is 2. The summed E-state index contributed by atoms with van der Waals surface area (Å²) < 4.78 is 26.6. The molecular weight excluding hydrogens is 326 g/mol. The van der Waals surface area contributed by atoms with Crippen LogP contribution in [0.25, 0.3) is 6.08 Å². The molecule has 0 fully saturated rings. The monoisotopic (exact) mass is 344 g/mol. The Hall–Kier alpha value is -3.02. The summed E-state index contributed by atoms with van der Waals surface area (Å²) in [4.78, 5) is 23.5. The van der Waals surface area contributed by atoms with Gasteiger partial charge in [-0.05, 0) is 24.6 Å². The zero-order chi connectivity index (χ0) is 18.2. The van der Waals surface area contributed by atoms with Crippen molar-refractivity contribution in [1.82, 2.24) is 10.6 Å². The van der Waals surface area contributed by atoms with Gasteiger partial charge in [0, 0.05) is 17.7 Å². The van der Waals surface area contributed by atoms with Gasteiger partial charge in [-0.15, -0.1) is 0 Å². The van der Waals surface area contributed by atoms with Crippen molar-refractivity contribution >= 4 is 17.9 Å². The fourth-order valence-electron chi connectivity index (χ4n) is 2.19. The molecule has 2 rings (SSSR count). The number of nitrogens with one attached hydrogen (secondary N) is 2. The molecule has 0 radical (unpaired) electrons. The zero-order valence-electron chi connectivity index (χ0n) is 13.6. The molecule has 0 saturated heterocycles. The van der Waals surface area contributed by atoms with E-state index in [2.05, 4.69) is 10.6 Å². The fraction of sp³-hybridized carbons (Fsp3) is 0.158. The van der Waals surface area contributed by atoms with Gasteiger partial charge in [0.2, 0.25) is 11.8 Å². The minimum absolute atomic E-state index is 0.171. The van der Waals surface area contributed by atoms with Crippen molar-refractivity contribution in [3.05, 3.63) is 77.4 Å². The third kappa shape index (κ3) is 5.84. The van der Waals surface area contributed by atoms with E-state index >= 15 is 0 Å². The highest BCUT2D eigenvalue weighted by atomic mass is 19.1. The van der Waals surface area contributed by atoms with E-state index < -0.39 is 29.5 Å². The molecular formula is C19H18F2N2O2. The Morgan fingerprint density at radius 3 is 2.52 bits per heavy atom. The van der Waals surface area contributed by atoms with E-state index in [9.17, 15) is 18.4 Å². The Morgan fingerprint density at radius 1 is 1.12 bits per heavy atom. The molecule has 2 aromatic carbocycles. The minimum Gasteiger partial charge on any atom is -0.348 e. The van der Waals surface area contributed by atoms with Gasteiger partial charge < -0.3 is 10.6 Å². The summed E-state index contributed by atoms with van der Waals surface area (Å²) in [5.74, 6) is -2.31. The molecule has 0 saturated carbocycles. The maximum Gasteiger partial charge on any atom is 0.244 e. The smallest absolute Gasteiger partial charge is 0.244 e. The van der Waals surface area contributed by atoms with E-state index in [1.54, 1.807) is 13.0 Å². The summed E-state index contributed by atoms with van der Waals surface area (Å²) in [6.07, 6.45) is 2.95. The van der Waals surface area contributed by atoms with E-state index in [0.29, 0.717) is 0 Å². The number of hydrogen-bond acceptors (Lipinski definition) is 2. The van der Waals surface area contributed by atoms with Crippen molar-refractivity contribution in [2.45, 2.75) is 13.0 Å². The quantitative estimate of drug-likeness (QED) is 0.792. The first-order valence-electron chi connectivity index (χ1n) is 7.71. The van der Waals surface area contributed by atoms with Gasteiger partial charge in [0.15, 0.2) is 0 Å². The number of halogens is 2. The molecule has 130 valence electrons. The van der Waals surface area contributed by atoms with Crippen molar-refractivity contribution in [2.24, 2.45) is 0 Å². The molecule has 2 amide bonds. The van der Waals surface area contributed by atoms with Gasteiger partial charge in [0.05, 0.1) is 12.6 Å². The molecule has 0 aliphatic rings. The lowest BCUT2D eigenvalue weighted by molar-refractivity contribution is -0.124. The third-order valence-electron chi connectivity index (χ3n) is 3.46. The van der Waals surface area contributed by atoms with Gasteiger partial charge in [0.1, 0.15) is 11.6 Å². The van der Waals surface area contributed by atoms with Crippen LogP contribution < -0.4 is 10.6 Å². The summed E-state index contributed by atoms with van der Waals surface area (Å²) in [5.41, 5.74) is 1.03. The van der Waals surface area contributed by atoms with Gasteiger partial charge in [-0.2, -0.15) is 0 Å². The molecule has 0 aliphatic carbocycles. The first kappa shape index (κ1) is 18.3. The largest absolute Gasteiger partial charge is 0.348 e. The van der Waals surface area contributed by atoms with Crippen molar-refractivity contribution in [3.8, 4) is 0 Å². The standard InChI is InChI=1S/C19H18F2N2O2/c1-13(16-9-8-15(20)11-17(16)21)23-19(25)12-22-18(24)10-7-14-5-3-2-4-6-14/h2-11,13H,12H2,1H3,(H,22,24)(H,23,25)/b10-7+/t13-/m1/s1. The Bertz CT molecular complexity index is 776. The van der Waals surface area contributed by atoms with Gasteiger partial charge in [-0.25, -0.2) is 8.78 Å². The van der Waals surface area contributed by atoms with Crippen molar-refractivity contribution in [1.29, 1.82) is 0 Å². The van der Waals surface area contributed by atoms with Crippen LogP contribution in [0.3, 0.4) is 0 Å². The second-order valence-corrected chi connectivity index (χ2v) is 5.42. The first-order chi connectivity index (χ1) is 12.0. The maximum atomic E-state index is 13.7. The predicted molar refractivity (Wildman–Crippen MR) is 91.4 cm³/mol. The van der Waals surface area contributed by atoms with Crippen LogP contribution in [-0.4, -0.2) is 18.4 Å². The highest BCUT2D eigenvalue weighted by Crippen LogP contribution is 2.17. The highest BCUT2D eigenvalue weighted by molar-refractivity contribution is 5.94. The topological polar surface area (TPSA) is 58.2 Å². The molecule has 0 heterocycles. The van der Waals surface area contributed by atoms with Crippen molar-refractivity contribution in [2.75, 3.05) is 6.54 Å². The number of carbonyl (C=O) groups excluding carboxylic acids is 2. The molecule has 0 aromatic heterocycles. The van der Waals surface area contributed by atoms with Crippen LogP contribution in [0.1, 0.15) is 24.1 Å². The summed E-state index contributed by atoms with van der Waals surface area (Å²) in [5, 5.41) is 4.99. The van der Waals surface area contributed by atoms with E-state index in [0.717, 1.165) is 17.7 Å². The van der Waals surface area contributed by atoms with Gasteiger partial charge >= 0.3 is 0 Å². The second kappa shape index (κ2) is 8.73. The van der Waals surface area contributed by atoms with E-state index in [-0.39, 0.29) is 12.1 Å². The number of benzene rings is 2. The molecule has 1 atom stereocenters. The first-order valence-corrected chi connectivity index (χ1v) is 7.71. The fourth-order valence-corrected chi connectivity index (χ4v) is 2.19. The van der Waals surface area contributed by atoms with Crippen molar-refractivity contribution in [3.63, 3.8) is 0 Å². The predicted octanol–water partition coefficient (Wildman–Crippen LogP) is 2.97. The molecule has 0 aliphatic heterocycles. The van der Waals surface area contributed by atoms with Gasteiger partial charge in [-0.3, -0.25) is 9.59 Å². The maximum absolute atomic E-state index is 13.7. The van der Waals surface area contributed by atoms with Crippen LogP contribution in [0.15, 0.2) is 54.6 Å². The van der Waals surface area contributed by atoms with E-state index in [1.165, 1.54) is 12.1 Å². The van der Waals surface area contributed by atoms with Crippen LogP contribution >= 0.6 is 0 Å². The number of hydrogen-bond donors (Lipinski definition) is 2. The average Bonchev–Trinajstić information content (AvgIpc) is 2.59. The Morgan fingerprint density at radius 2 is 1.84 bits per heavy atom. The summed E-state index contributed by atoms with van der Waals surface area (Å²) in [6.45, 7) is 1.33. The van der Waals surface area contributed by atoms with Crippen LogP contribution in [0.5, 0.6) is 0 Å². The number of rotatable bonds is 6. The van der Waals surface area contributed by atoms with E-state index in [1.807, 2.05) is 30.3 Å². The molecule has 0 spiro atoms. The second-order valence-electron chi connectivity index (χ2n) is 5.42. The third-order valence-corrected chi connectivity index (χ3v) is 3.46. The lowest BCUT2D eigenvalue weighted by atomic mass is 10.1. The van der Waals surface area contributed by atoms with Gasteiger partial charge in [0.25, 0.3) is 0 Å². The lowest BCUT2D eigenvalue weighted by Crippen LogP contribution is -2.37. The summed E-state index contributed by atoms with van der Waals surface area (Å²) in [6, 6.07) is 11.8. The molecule has 2 N–H and O–H groups in total. The summed E-state index contributed by atoms with van der Waals surface area (Å²) in [7, 11) is 0. The average molecular weight is 344 g/mol. The molecule has 4 nitrogen and oxygen atoms in total. The Kier molecular flexibility index (Phi) is 6.39. The Labute approximate surface area is 144 Å². The molecule has 0 unspecified atom stereocenters. The Balaban J connectivity index is 1.81. The van der Waals surface area contributed by atoms with E-state index in [4.69, 9.17) is 0 Å². The highest BCUT2D eigenvalue weighted by Gasteiger charge is 2.14. The van der Waals surface area contributed by atoms with Crippen molar-refractivity contribution < 1.29 is 18.4 Å². The minimum atomic E-state index is -0.734. The van der Waals surface area contributed by atoms with Crippen LogP contribution in [0, 0.1) is 11.6 Å². The van der Waals surface area contributed by atoms with Crippen LogP contribution in [-0.2, 0) is 9.59 Å². The SMILES string of the molecule is C[C@@H](NC(=O)CNC(=O)/C=C/c1ccccc1)c1ccc(F)cc1F. The molecule has 25 heavy (non-hydrogen) atoms. The molecule has 2 aromatic rings. The normalized spacial score (nSPS) is 12.0. The van der Waals surface area contributed by atoms with Gasteiger partial charge in [-0.1, -0.05) is 36.4 Å². The van der Waals surface area contributed by atoms with Crippen LogP contribution in [0.4, 0.5) is 8.78 Å². The molecule has 6 heteroatoms. The molecule has 0 bridgehead atoms. The lowest BCUT2D eigenvalue weighted by Gasteiger charge is -2.15.